The van der Waals surface area contributed by atoms with Crippen molar-refractivity contribution >= 4 is 17.3 Å². The third-order valence-electron chi connectivity index (χ3n) is 1.84. The number of benzene rings is 1. The fourth-order valence-electron chi connectivity index (χ4n) is 1.08. The van der Waals surface area contributed by atoms with Crippen LogP contribution in [-0.4, -0.2) is 19.0 Å². The van der Waals surface area contributed by atoms with E-state index in [0.29, 0.717) is 6.54 Å². The average molecular weight is 213 g/mol. The van der Waals surface area contributed by atoms with Gasteiger partial charge in [-0.1, -0.05) is 0 Å². The Morgan fingerprint density at radius 2 is 2.07 bits per heavy atom. The van der Waals surface area contributed by atoms with Crippen molar-refractivity contribution in [2.75, 3.05) is 18.5 Å². The number of alkyl halides is 1. The molecule has 0 fully saturated rings. The van der Waals surface area contributed by atoms with E-state index in [9.17, 15) is 4.39 Å². The van der Waals surface area contributed by atoms with E-state index in [0.717, 1.165) is 5.69 Å². The van der Waals surface area contributed by atoms with Crippen LogP contribution in [0.15, 0.2) is 24.3 Å². The van der Waals surface area contributed by atoms with Crippen LogP contribution in [0.2, 0.25) is 0 Å². The summed E-state index contributed by atoms with van der Waals surface area (Å²) in [5.41, 5.74) is 0.840. The molecule has 14 heavy (non-hydrogen) atoms. The van der Waals surface area contributed by atoms with Gasteiger partial charge in [0.25, 0.3) is 0 Å². The van der Waals surface area contributed by atoms with E-state index in [4.69, 9.17) is 16.9 Å². The summed E-state index contributed by atoms with van der Waals surface area (Å²) in [7, 11) is 1.81. The lowest BCUT2D eigenvalue weighted by molar-refractivity contribution is 0.627. The van der Waals surface area contributed by atoms with Gasteiger partial charge in [-0.25, -0.2) is 4.39 Å². The fraction of sp³-hybridized carbons (Fsp3) is 0.300. The molecule has 1 aromatic carbocycles. The van der Waals surface area contributed by atoms with Gasteiger partial charge in [0, 0.05) is 19.3 Å². The van der Waals surface area contributed by atoms with Gasteiger partial charge in [-0.15, -0.1) is 11.6 Å². The Hall–Kier alpha value is -1.27. The number of anilines is 1. The summed E-state index contributed by atoms with van der Waals surface area (Å²) in [6.07, 6.45) is 0. The Morgan fingerprint density at radius 1 is 1.50 bits per heavy atom. The Bertz CT molecular complexity index is 331. The average Bonchev–Trinajstić information content (AvgIpc) is 2.18. The minimum atomic E-state index is -0.551. The summed E-state index contributed by atoms with van der Waals surface area (Å²) < 4.78 is 12.6. The first-order valence-electron chi connectivity index (χ1n) is 4.14. The molecule has 0 saturated heterocycles. The lowest BCUT2D eigenvalue weighted by Gasteiger charge is -2.19. The van der Waals surface area contributed by atoms with Crippen molar-refractivity contribution in [3.63, 3.8) is 0 Å². The van der Waals surface area contributed by atoms with Crippen LogP contribution in [0.3, 0.4) is 0 Å². The van der Waals surface area contributed by atoms with Gasteiger partial charge in [0.05, 0.1) is 6.07 Å². The molecule has 1 rings (SSSR count). The minimum Gasteiger partial charge on any atom is -0.372 e. The predicted molar refractivity (Wildman–Crippen MR) is 54.9 cm³/mol. The SMILES string of the molecule is CN(CC(Cl)C#N)c1ccc(F)cc1. The lowest BCUT2D eigenvalue weighted by atomic mass is 10.3. The summed E-state index contributed by atoms with van der Waals surface area (Å²) >= 11 is 5.66. The van der Waals surface area contributed by atoms with E-state index in [2.05, 4.69) is 0 Å². The molecule has 0 aliphatic rings. The number of hydrogen-bond acceptors (Lipinski definition) is 2. The Kier molecular flexibility index (Phi) is 3.73. The van der Waals surface area contributed by atoms with Crippen LogP contribution in [0, 0.1) is 17.1 Å². The zero-order valence-corrected chi connectivity index (χ0v) is 8.50. The molecular formula is C10H10ClFN2. The van der Waals surface area contributed by atoms with Crippen LogP contribution >= 0.6 is 11.6 Å². The van der Waals surface area contributed by atoms with E-state index in [1.165, 1.54) is 12.1 Å². The van der Waals surface area contributed by atoms with Crippen molar-refractivity contribution in [2.24, 2.45) is 0 Å². The topological polar surface area (TPSA) is 27.0 Å². The third-order valence-corrected chi connectivity index (χ3v) is 2.08. The Morgan fingerprint density at radius 3 is 2.57 bits per heavy atom. The monoisotopic (exact) mass is 212 g/mol. The van der Waals surface area contributed by atoms with Gasteiger partial charge in [-0.2, -0.15) is 5.26 Å². The highest BCUT2D eigenvalue weighted by molar-refractivity contribution is 6.22. The zero-order valence-electron chi connectivity index (χ0n) is 7.74. The number of halogens is 2. The molecule has 2 nitrogen and oxygen atoms in total. The van der Waals surface area contributed by atoms with E-state index in [1.54, 1.807) is 24.1 Å². The number of rotatable bonds is 3. The maximum atomic E-state index is 12.6. The van der Waals surface area contributed by atoms with Crippen LogP contribution in [0.5, 0.6) is 0 Å². The van der Waals surface area contributed by atoms with E-state index >= 15 is 0 Å². The molecule has 0 aromatic heterocycles. The Balaban J connectivity index is 2.66. The third kappa shape index (κ3) is 2.90. The van der Waals surface area contributed by atoms with Gasteiger partial charge in [-0.05, 0) is 24.3 Å². The molecule has 0 radical (unpaired) electrons. The predicted octanol–water partition coefficient (Wildman–Crippen LogP) is 2.39. The highest BCUT2D eigenvalue weighted by atomic mass is 35.5. The summed E-state index contributed by atoms with van der Waals surface area (Å²) in [5.74, 6) is -0.273. The molecule has 0 aliphatic carbocycles. The molecule has 1 aromatic rings. The van der Waals surface area contributed by atoms with Gasteiger partial charge in [0.1, 0.15) is 11.2 Å². The van der Waals surface area contributed by atoms with Crippen LogP contribution in [0.4, 0.5) is 10.1 Å². The molecule has 74 valence electrons. The number of nitriles is 1. The molecule has 0 N–H and O–H groups in total. The van der Waals surface area contributed by atoms with Crippen molar-refractivity contribution in [2.45, 2.75) is 5.38 Å². The van der Waals surface area contributed by atoms with Crippen LogP contribution in [0.1, 0.15) is 0 Å². The van der Waals surface area contributed by atoms with Crippen molar-refractivity contribution in [3.05, 3.63) is 30.1 Å². The summed E-state index contributed by atoms with van der Waals surface area (Å²) in [4.78, 5) is 1.81. The standard InChI is InChI=1S/C10H10ClFN2/c1-14(7-8(11)6-13)10-4-2-9(12)3-5-10/h2-5,8H,7H2,1H3. The highest BCUT2D eigenvalue weighted by Crippen LogP contribution is 2.14. The molecule has 1 atom stereocenters. The second-order valence-electron chi connectivity index (χ2n) is 2.95. The molecule has 0 amide bonds. The largest absolute Gasteiger partial charge is 0.372 e. The highest BCUT2D eigenvalue weighted by Gasteiger charge is 2.07. The van der Waals surface area contributed by atoms with Gasteiger partial charge >= 0.3 is 0 Å². The second kappa shape index (κ2) is 4.83. The van der Waals surface area contributed by atoms with Gasteiger partial charge in [0.15, 0.2) is 0 Å². The van der Waals surface area contributed by atoms with E-state index < -0.39 is 5.38 Å². The minimum absolute atomic E-state index is 0.273. The van der Waals surface area contributed by atoms with Gasteiger partial charge in [-0.3, -0.25) is 0 Å². The van der Waals surface area contributed by atoms with Crippen molar-refractivity contribution < 1.29 is 4.39 Å². The number of hydrogen-bond donors (Lipinski definition) is 0. The van der Waals surface area contributed by atoms with E-state index in [-0.39, 0.29) is 5.82 Å². The second-order valence-corrected chi connectivity index (χ2v) is 3.48. The first kappa shape index (κ1) is 10.8. The zero-order chi connectivity index (χ0) is 10.6. The summed E-state index contributed by atoms with van der Waals surface area (Å²) in [6.45, 7) is 0.420. The van der Waals surface area contributed by atoms with E-state index in [1.807, 2.05) is 6.07 Å². The molecule has 0 bridgehead atoms. The van der Waals surface area contributed by atoms with Crippen LogP contribution < -0.4 is 4.90 Å². The fourth-order valence-corrected chi connectivity index (χ4v) is 1.29. The quantitative estimate of drug-likeness (QED) is 0.720. The maximum absolute atomic E-state index is 12.6. The van der Waals surface area contributed by atoms with Gasteiger partial charge < -0.3 is 4.90 Å². The van der Waals surface area contributed by atoms with Crippen molar-refractivity contribution in [3.8, 4) is 6.07 Å². The van der Waals surface area contributed by atoms with Gasteiger partial charge in [0.2, 0.25) is 0 Å². The van der Waals surface area contributed by atoms with Crippen LogP contribution in [0.25, 0.3) is 0 Å². The molecular weight excluding hydrogens is 203 g/mol. The lowest BCUT2D eigenvalue weighted by Crippen LogP contribution is -2.24. The maximum Gasteiger partial charge on any atom is 0.137 e. The molecule has 4 heteroatoms. The first-order valence-corrected chi connectivity index (χ1v) is 4.57. The molecule has 0 spiro atoms. The molecule has 0 saturated carbocycles. The smallest absolute Gasteiger partial charge is 0.137 e. The molecule has 0 heterocycles. The van der Waals surface area contributed by atoms with Crippen molar-refractivity contribution in [1.82, 2.24) is 0 Å². The summed E-state index contributed by atoms with van der Waals surface area (Å²) in [5, 5.41) is 7.96. The number of nitrogens with zero attached hydrogens (tertiary/aromatic N) is 2. The van der Waals surface area contributed by atoms with Crippen molar-refractivity contribution in [1.29, 1.82) is 5.26 Å². The Labute approximate surface area is 87.5 Å². The molecule has 1 unspecified atom stereocenters. The first-order chi connectivity index (χ1) is 6.63. The molecule has 0 aliphatic heterocycles. The summed E-state index contributed by atoms with van der Waals surface area (Å²) in [6, 6.07) is 7.98. The normalized spacial score (nSPS) is 11.9. The van der Waals surface area contributed by atoms with Crippen LogP contribution in [-0.2, 0) is 0 Å².